The summed E-state index contributed by atoms with van der Waals surface area (Å²) in [5, 5.41) is 2.96. The zero-order valence-corrected chi connectivity index (χ0v) is 15.1. The summed E-state index contributed by atoms with van der Waals surface area (Å²) in [4.78, 5) is 26.6. The Bertz CT molecular complexity index is 594. The summed E-state index contributed by atoms with van der Waals surface area (Å²) in [5.41, 5.74) is 6.54. The summed E-state index contributed by atoms with van der Waals surface area (Å²) in [6, 6.07) is 7.58. The van der Waals surface area contributed by atoms with Crippen LogP contribution < -0.4 is 16.0 Å². The van der Waals surface area contributed by atoms with Crippen LogP contribution in [0.5, 0.6) is 0 Å². The molecule has 2 amide bonds. The van der Waals surface area contributed by atoms with Gasteiger partial charge >= 0.3 is 0 Å². The SMILES string of the molecule is Cl.NCC(NC(=O)C1CCN(c2ccccc2Br)C1=O)C1CC1. The minimum Gasteiger partial charge on any atom is -0.351 e. The van der Waals surface area contributed by atoms with E-state index in [0.717, 1.165) is 23.0 Å². The van der Waals surface area contributed by atoms with Crippen molar-refractivity contribution in [3.05, 3.63) is 28.7 Å². The second-order valence-electron chi connectivity index (χ2n) is 5.97. The molecule has 2 aliphatic rings. The van der Waals surface area contributed by atoms with Crippen molar-refractivity contribution in [3.8, 4) is 0 Å². The van der Waals surface area contributed by atoms with Gasteiger partial charge in [-0.05, 0) is 53.2 Å². The Morgan fingerprint density at radius 1 is 1.35 bits per heavy atom. The van der Waals surface area contributed by atoms with E-state index in [1.54, 1.807) is 4.90 Å². The number of nitrogens with one attached hydrogen (secondary N) is 1. The minimum atomic E-state index is -0.597. The average Bonchev–Trinajstić information content (AvgIpc) is 3.28. The maximum absolute atomic E-state index is 12.6. The molecule has 5 nitrogen and oxygen atoms in total. The fraction of sp³-hybridized carbons (Fsp3) is 0.500. The summed E-state index contributed by atoms with van der Waals surface area (Å²) in [6.45, 7) is 1.00. The van der Waals surface area contributed by atoms with Gasteiger partial charge < -0.3 is 16.0 Å². The molecule has 0 aromatic heterocycles. The van der Waals surface area contributed by atoms with Crippen LogP contribution in [0.1, 0.15) is 19.3 Å². The molecule has 1 aromatic rings. The van der Waals surface area contributed by atoms with Crippen molar-refractivity contribution < 1.29 is 9.59 Å². The average molecular weight is 403 g/mol. The van der Waals surface area contributed by atoms with Crippen LogP contribution in [0.15, 0.2) is 28.7 Å². The number of carbonyl (C=O) groups excluding carboxylic acids is 2. The number of carbonyl (C=O) groups is 2. The maximum Gasteiger partial charge on any atom is 0.239 e. The summed E-state index contributed by atoms with van der Waals surface area (Å²) >= 11 is 3.46. The molecule has 2 fully saturated rings. The van der Waals surface area contributed by atoms with Crippen LogP contribution in [-0.2, 0) is 9.59 Å². The second-order valence-corrected chi connectivity index (χ2v) is 6.83. The normalized spacial score (nSPS) is 21.7. The molecule has 1 aliphatic carbocycles. The summed E-state index contributed by atoms with van der Waals surface area (Å²) < 4.78 is 0.863. The second kappa shape index (κ2) is 7.64. The molecule has 2 unspecified atom stereocenters. The molecule has 1 aromatic carbocycles. The monoisotopic (exact) mass is 401 g/mol. The number of hydrogen-bond donors (Lipinski definition) is 2. The highest BCUT2D eigenvalue weighted by Crippen LogP contribution is 2.34. The van der Waals surface area contributed by atoms with E-state index in [-0.39, 0.29) is 30.3 Å². The molecular formula is C16H21BrClN3O2. The molecule has 3 rings (SSSR count). The summed E-state index contributed by atoms with van der Waals surface area (Å²) in [6.07, 6.45) is 2.78. The lowest BCUT2D eigenvalue weighted by Crippen LogP contribution is -2.46. The third-order valence-corrected chi connectivity index (χ3v) is 5.11. The summed E-state index contributed by atoms with van der Waals surface area (Å²) in [7, 11) is 0. The molecule has 23 heavy (non-hydrogen) atoms. The van der Waals surface area contributed by atoms with Crippen LogP contribution in [0.4, 0.5) is 5.69 Å². The van der Waals surface area contributed by atoms with Gasteiger partial charge in [-0.1, -0.05) is 12.1 Å². The van der Waals surface area contributed by atoms with E-state index < -0.39 is 5.92 Å². The smallest absolute Gasteiger partial charge is 0.239 e. The van der Waals surface area contributed by atoms with Crippen LogP contribution in [0, 0.1) is 11.8 Å². The van der Waals surface area contributed by atoms with Gasteiger partial charge in [0.25, 0.3) is 0 Å². The van der Waals surface area contributed by atoms with E-state index in [1.807, 2.05) is 24.3 Å². The van der Waals surface area contributed by atoms with Crippen molar-refractivity contribution in [1.29, 1.82) is 0 Å². The predicted octanol–water partition coefficient (Wildman–Crippen LogP) is 2.08. The van der Waals surface area contributed by atoms with Crippen LogP contribution in [0.2, 0.25) is 0 Å². The van der Waals surface area contributed by atoms with E-state index in [0.29, 0.717) is 25.4 Å². The van der Waals surface area contributed by atoms with Gasteiger partial charge in [-0.2, -0.15) is 0 Å². The maximum atomic E-state index is 12.6. The van der Waals surface area contributed by atoms with Crippen molar-refractivity contribution in [2.45, 2.75) is 25.3 Å². The van der Waals surface area contributed by atoms with E-state index in [9.17, 15) is 9.59 Å². The number of nitrogens with zero attached hydrogens (tertiary/aromatic N) is 1. The largest absolute Gasteiger partial charge is 0.351 e. The van der Waals surface area contributed by atoms with Crippen molar-refractivity contribution in [2.24, 2.45) is 17.6 Å². The number of benzene rings is 1. The molecule has 1 saturated heterocycles. The zero-order chi connectivity index (χ0) is 15.7. The van der Waals surface area contributed by atoms with E-state index in [1.165, 1.54) is 0 Å². The molecule has 0 bridgehead atoms. The van der Waals surface area contributed by atoms with Crippen LogP contribution in [0.3, 0.4) is 0 Å². The minimum absolute atomic E-state index is 0. The summed E-state index contributed by atoms with van der Waals surface area (Å²) in [5.74, 6) is -0.414. The van der Waals surface area contributed by atoms with Crippen molar-refractivity contribution in [1.82, 2.24) is 5.32 Å². The van der Waals surface area contributed by atoms with Gasteiger partial charge in [0.1, 0.15) is 5.92 Å². The molecule has 7 heteroatoms. The Hall–Kier alpha value is -1.11. The fourth-order valence-electron chi connectivity index (χ4n) is 2.98. The Morgan fingerprint density at radius 3 is 2.65 bits per heavy atom. The molecule has 2 atom stereocenters. The lowest BCUT2D eigenvalue weighted by molar-refractivity contribution is -0.132. The quantitative estimate of drug-likeness (QED) is 0.740. The van der Waals surface area contributed by atoms with Gasteiger partial charge in [-0.3, -0.25) is 9.59 Å². The standard InChI is InChI=1S/C16H20BrN3O2.ClH/c17-12-3-1-2-4-14(12)20-8-7-11(16(20)22)15(21)19-13(9-18)10-5-6-10;/h1-4,10-11,13H,5-9,18H2,(H,19,21);1H. The van der Waals surface area contributed by atoms with Crippen molar-refractivity contribution in [3.63, 3.8) is 0 Å². The first-order valence-electron chi connectivity index (χ1n) is 7.68. The van der Waals surface area contributed by atoms with Crippen molar-refractivity contribution in [2.75, 3.05) is 18.0 Å². The number of halogens is 2. The van der Waals surface area contributed by atoms with Gasteiger partial charge in [0, 0.05) is 23.6 Å². The highest BCUT2D eigenvalue weighted by atomic mass is 79.9. The first-order chi connectivity index (χ1) is 10.6. The Balaban J connectivity index is 0.00000192. The Kier molecular flexibility index (Phi) is 6.06. The molecule has 3 N–H and O–H groups in total. The molecule has 1 heterocycles. The number of hydrogen-bond acceptors (Lipinski definition) is 3. The van der Waals surface area contributed by atoms with Gasteiger partial charge in [0.15, 0.2) is 0 Å². The molecule has 126 valence electrons. The molecule has 0 radical (unpaired) electrons. The number of nitrogens with two attached hydrogens (primary N) is 1. The Labute approximate surface area is 150 Å². The van der Waals surface area contributed by atoms with E-state index in [4.69, 9.17) is 5.73 Å². The molecule has 1 saturated carbocycles. The molecule has 1 aliphatic heterocycles. The zero-order valence-electron chi connectivity index (χ0n) is 12.7. The number of rotatable bonds is 5. The third kappa shape index (κ3) is 3.87. The van der Waals surface area contributed by atoms with Gasteiger partial charge in [0.2, 0.25) is 11.8 Å². The molecule has 0 spiro atoms. The third-order valence-electron chi connectivity index (χ3n) is 4.44. The van der Waals surface area contributed by atoms with Gasteiger partial charge in [-0.15, -0.1) is 12.4 Å². The topological polar surface area (TPSA) is 75.4 Å². The predicted molar refractivity (Wildman–Crippen MR) is 95.6 cm³/mol. The number of amides is 2. The Morgan fingerprint density at radius 2 is 2.04 bits per heavy atom. The first-order valence-corrected chi connectivity index (χ1v) is 8.47. The van der Waals surface area contributed by atoms with Crippen LogP contribution >= 0.6 is 28.3 Å². The van der Waals surface area contributed by atoms with E-state index >= 15 is 0 Å². The van der Waals surface area contributed by atoms with Crippen LogP contribution in [0.25, 0.3) is 0 Å². The van der Waals surface area contributed by atoms with Crippen LogP contribution in [-0.4, -0.2) is 30.9 Å². The highest BCUT2D eigenvalue weighted by Gasteiger charge is 2.40. The number of anilines is 1. The lowest BCUT2D eigenvalue weighted by atomic mass is 10.1. The van der Waals surface area contributed by atoms with Gasteiger partial charge in [-0.25, -0.2) is 0 Å². The fourth-order valence-corrected chi connectivity index (χ4v) is 3.48. The number of para-hydroxylation sites is 1. The van der Waals surface area contributed by atoms with Gasteiger partial charge in [0.05, 0.1) is 5.69 Å². The van der Waals surface area contributed by atoms with Crippen molar-refractivity contribution >= 4 is 45.8 Å². The van der Waals surface area contributed by atoms with E-state index in [2.05, 4.69) is 21.2 Å². The lowest BCUT2D eigenvalue weighted by Gasteiger charge is -2.20. The molecular weight excluding hydrogens is 382 g/mol. The highest BCUT2D eigenvalue weighted by molar-refractivity contribution is 9.10. The first kappa shape index (κ1) is 18.2.